The molecule has 5 nitrogen and oxygen atoms in total. The van der Waals surface area contributed by atoms with Gasteiger partial charge in [-0.2, -0.15) is 0 Å². The first kappa shape index (κ1) is 14.5. The fourth-order valence-corrected chi connectivity index (χ4v) is 2.83. The van der Waals surface area contributed by atoms with E-state index in [1.165, 1.54) is 6.07 Å². The standard InChI is InChI=1S/C14H16BrFN4O/c1-8(2)19-4-9(5-19)14(21)18-12-7-20-6-10(15)3-11(16)13(20)17-12/h3,6-9H,4-5H2,1-2H3,(H,18,21). The molecular formula is C14H16BrFN4O. The highest BCUT2D eigenvalue weighted by atomic mass is 79.9. The Kier molecular flexibility index (Phi) is 3.71. The number of pyridine rings is 1. The molecule has 0 unspecified atom stereocenters. The van der Waals surface area contributed by atoms with Gasteiger partial charge in [0.25, 0.3) is 0 Å². The lowest BCUT2D eigenvalue weighted by molar-refractivity contribution is -0.125. The first-order valence-corrected chi connectivity index (χ1v) is 7.62. The average molecular weight is 355 g/mol. The Labute approximate surface area is 130 Å². The number of anilines is 1. The molecule has 0 bridgehead atoms. The van der Waals surface area contributed by atoms with E-state index in [0.29, 0.717) is 16.3 Å². The van der Waals surface area contributed by atoms with Crippen LogP contribution in [0.25, 0.3) is 5.65 Å². The molecule has 7 heteroatoms. The maximum absolute atomic E-state index is 13.7. The van der Waals surface area contributed by atoms with E-state index in [1.54, 1.807) is 16.8 Å². The quantitative estimate of drug-likeness (QED) is 0.921. The maximum Gasteiger partial charge on any atom is 0.231 e. The summed E-state index contributed by atoms with van der Waals surface area (Å²) in [4.78, 5) is 18.4. The van der Waals surface area contributed by atoms with Gasteiger partial charge in [-0.25, -0.2) is 9.37 Å². The molecule has 3 heterocycles. The SMILES string of the molecule is CC(C)N1CC(C(=O)Nc2cn3cc(Br)cc(F)c3n2)C1. The Morgan fingerprint density at radius 3 is 2.86 bits per heavy atom. The van der Waals surface area contributed by atoms with Crippen molar-refractivity contribution in [3.8, 4) is 0 Å². The molecule has 1 aliphatic heterocycles. The summed E-state index contributed by atoms with van der Waals surface area (Å²) < 4.78 is 15.9. The van der Waals surface area contributed by atoms with Gasteiger partial charge in [-0.05, 0) is 35.8 Å². The first-order valence-electron chi connectivity index (χ1n) is 6.82. The summed E-state index contributed by atoms with van der Waals surface area (Å²) in [5.41, 5.74) is 0.200. The third-order valence-electron chi connectivity index (χ3n) is 3.74. The Balaban J connectivity index is 1.71. The average Bonchev–Trinajstić information content (AvgIpc) is 2.68. The predicted octanol–water partition coefficient (Wildman–Crippen LogP) is 2.51. The molecule has 1 fully saturated rings. The minimum absolute atomic E-state index is 0.0196. The van der Waals surface area contributed by atoms with Crippen LogP contribution in [0.3, 0.4) is 0 Å². The number of rotatable bonds is 3. The fourth-order valence-electron chi connectivity index (χ4n) is 2.41. The highest BCUT2D eigenvalue weighted by Gasteiger charge is 2.34. The van der Waals surface area contributed by atoms with E-state index in [1.807, 2.05) is 0 Å². The van der Waals surface area contributed by atoms with Crippen molar-refractivity contribution in [2.45, 2.75) is 19.9 Å². The van der Waals surface area contributed by atoms with Gasteiger partial charge >= 0.3 is 0 Å². The lowest BCUT2D eigenvalue weighted by Crippen LogP contribution is -2.54. The molecule has 0 spiro atoms. The second kappa shape index (κ2) is 5.38. The predicted molar refractivity (Wildman–Crippen MR) is 81.7 cm³/mol. The molecule has 2 aromatic rings. The number of halogens is 2. The minimum Gasteiger partial charge on any atom is -0.309 e. The zero-order valence-corrected chi connectivity index (χ0v) is 13.4. The second-order valence-corrected chi connectivity index (χ2v) is 6.51. The van der Waals surface area contributed by atoms with Crippen LogP contribution in [0.15, 0.2) is 22.9 Å². The van der Waals surface area contributed by atoms with Crippen molar-refractivity contribution in [1.29, 1.82) is 0 Å². The molecule has 1 aliphatic rings. The van der Waals surface area contributed by atoms with Crippen LogP contribution in [0.5, 0.6) is 0 Å². The Bertz CT molecular complexity index is 694. The van der Waals surface area contributed by atoms with E-state index in [2.05, 4.69) is 45.0 Å². The van der Waals surface area contributed by atoms with Crippen LogP contribution in [0, 0.1) is 11.7 Å². The van der Waals surface area contributed by atoms with Gasteiger partial charge in [0.1, 0.15) is 0 Å². The van der Waals surface area contributed by atoms with Crippen LogP contribution in [0.2, 0.25) is 0 Å². The van der Waals surface area contributed by atoms with Gasteiger partial charge in [0.2, 0.25) is 5.91 Å². The van der Waals surface area contributed by atoms with Crippen LogP contribution in [0.4, 0.5) is 10.2 Å². The number of carbonyl (C=O) groups is 1. The molecule has 2 aromatic heterocycles. The number of carbonyl (C=O) groups excluding carboxylic acids is 1. The zero-order valence-electron chi connectivity index (χ0n) is 11.8. The number of amides is 1. The number of nitrogens with one attached hydrogen (secondary N) is 1. The summed E-state index contributed by atoms with van der Waals surface area (Å²) in [6.07, 6.45) is 3.31. The molecule has 1 amide bonds. The number of likely N-dealkylation sites (tertiary alicyclic amines) is 1. The molecule has 21 heavy (non-hydrogen) atoms. The van der Waals surface area contributed by atoms with Crippen molar-refractivity contribution >= 4 is 33.3 Å². The van der Waals surface area contributed by atoms with Gasteiger partial charge in [0.05, 0.1) is 12.1 Å². The molecule has 3 rings (SSSR count). The van der Waals surface area contributed by atoms with E-state index in [-0.39, 0.29) is 17.5 Å². The van der Waals surface area contributed by atoms with E-state index in [9.17, 15) is 9.18 Å². The third kappa shape index (κ3) is 2.80. The van der Waals surface area contributed by atoms with E-state index >= 15 is 0 Å². The molecule has 0 aromatic carbocycles. The monoisotopic (exact) mass is 354 g/mol. The van der Waals surface area contributed by atoms with Crippen molar-refractivity contribution in [3.05, 3.63) is 28.7 Å². The van der Waals surface area contributed by atoms with Gasteiger partial charge in [-0.1, -0.05) is 0 Å². The molecule has 112 valence electrons. The van der Waals surface area contributed by atoms with Gasteiger partial charge in [-0.15, -0.1) is 0 Å². The summed E-state index contributed by atoms with van der Waals surface area (Å²) in [5.74, 6) is -0.136. The van der Waals surface area contributed by atoms with Gasteiger partial charge in [0, 0.05) is 29.8 Å². The summed E-state index contributed by atoms with van der Waals surface area (Å²) in [5, 5.41) is 2.76. The molecule has 1 saturated heterocycles. The second-order valence-electron chi connectivity index (χ2n) is 5.60. The van der Waals surface area contributed by atoms with Crippen molar-refractivity contribution in [2.24, 2.45) is 5.92 Å². The minimum atomic E-state index is -0.431. The number of aromatic nitrogens is 2. The molecule has 0 saturated carbocycles. The van der Waals surface area contributed by atoms with Crippen molar-refractivity contribution in [1.82, 2.24) is 14.3 Å². The lowest BCUT2D eigenvalue weighted by Gasteiger charge is -2.40. The summed E-state index contributed by atoms with van der Waals surface area (Å²) in [6.45, 7) is 5.74. The largest absolute Gasteiger partial charge is 0.309 e. The highest BCUT2D eigenvalue weighted by Crippen LogP contribution is 2.22. The van der Waals surface area contributed by atoms with Crippen molar-refractivity contribution in [3.63, 3.8) is 0 Å². The Hall–Kier alpha value is -1.47. The third-order valence-corrected chi connectivity index (χ3v) is 4.17. The fraction of sp³-hybridized carbons (Fsp3) is 0.429. The molecule has 1 N–H and O–H groups in total. The van der Waals surface area contributed by atoms with Gasteiger partial charge in [0.15, 0.2) is 17.3 Å². The van der Waals surface area contributed by atoms with Crippen molar-refractivity contribution < 1.29 is 9.18 Å². The van der Waals surface area contributed by atoms with Crippen LogP contribution in [-0.4, -0.2) is 39.3 Å². The number of hydrogen-bond acceptors (Lipinski definition) is 3. The topological polar surface area (TPSA) is 49.6 Å². The van der Waals surface area contributed by atoms with Gasteiger partial charge < -0.3 is 9.72 Å². The molecule has 0 aliphatic carbocycles. The van der Waals surface area contributed by atoms with Crippen LogP contribution in [0.1, 0.15) is 13.8 Å². The maximum atomic E-state index is 13.7. The highest BCUT2D eigenvalue weighted by molar-refractivity contribution is 9.10. The normalized spacial score (nSPS) is 16.4. The van der Waals surface area contributed by atoms with Crippen LogP contribution < -0.4 is 5.32 Å². The molecule has 0 atom stereocenters. The zero-order chi connectivity index (χ0) is 15.1. The number of hydrogen-bond donors (Lipinski definition) is 1. The Morgan fingerprint density at radius 1 is 1.48 bits per heavy atom. The lowest BCUT2D eigenvalue weighted by atomic mass is 9.97. The number of imidazole rings is 1. The first-order chi connectivity index (χ1) is 9.94. The number of fused-ring (bicyclic) bond motifs is 1. The van der Waals surface area contributed by atoms with E-state index in [4.69, 9.17) is 0 Å². The number of nitrogens with zero attached hydrogens (tertiary/aromatic N) is 3. The summed E-state index contributed by atoms with van der Waals surface area (Å²) in [6, 6.07) is 1.80. The Morgan fingerprint density at radius 2 is 2.19 bits per heavy atom. The summed E-state index contributed by atoms with van der Waals surface area (Å²) >= 11 is 3.23. The summed E-state index contributed by atoms with van der Waals surface area (Å²) in [7, 11) is 0. The van der Waals surface area contributed by atoms with Gasteiger partial charge in [-0.3, -0.25) is 9.69 Å². The molecule has 0 radical (unpaired) electrons. The molecular weight excluding hydrogens is 339 g/mol. The van der Waals surface area contributed by atoms with Crippen LogP contribution >= 0.6 is 15.9 Å². The van der Waals surface area contributed by atoms with E-state index < -0.39 is 5.82 Å². The van der Waals surface area contributed by atoms with Crippen molar-refractivity contribution in [2.75, 3.05) is 18.4 Å². The van der Waals surface area contributed by atoms with E-state index in [0.717, 1.165) is 13.1 Å². The smallest absolute Gasteiger partial charge is 0.231 e. The van der Waals surface area contributed by atoms with Crippen LogP contribution in [-0.2, 0) is 4.79 Å².